The summed E-state index contributed by atoms with van der Waals surface area (Å²) >= 11 is 0. The topological polar surface area (TPSA) is 114 Å². The second-order valence-corrected chi connectivity index (χ2v) is 26.1. The number of amides is 1. The van der Waals surface area contributed by atoms with E-state index >= 15 is 0 Å². The molecule has 0 bridgehead atoms. The Kier molecular flexibility index (Phi) is 57.0. The van der Waals surface area contributed by atoms with Crippen LogP contribution in [0, 0.1) is 0 Å². The third kappa shape index (κ3) is 59.2. The molecule has 0 aromatic carbocycles. The van der Waals surface area contributed by atoms with E-state index < -0.39 is 20.0 Å². The predicted octanol–water partition coefficient (Wildman–Crippen LogP) is 20.5. The second-order valence-electron chi connectivity index (χ2n) is 24.7. The zero-order valence-corrected chi connectivity index (χ0v) is 53.3. The van der Waals surface area contributed by atoms with E-state index in [1.54, 1.807) is 0 Å². The van der Waals surface area contributed by atoms with Gasteiger partial charge < -0.3 is 28.5 Å². The molecule has 0 saturated heterocycles. The zero-order chi connectivity index (χ0) is 56.4. The van der Waals surface area contributed by atoms with Crippen LogP contribution in [0.25, 0.3) is 0 Å². The SMILES string of the molecule is CCCCCCCCCCC/C=C\C(OC(=O)CCCCCCCCCCCCCCCCC)C(COP(=O)([O-])OCC[N+](C)(C)C)NC(=O)CCCCCCCCCCCCCCCCCCCCCCCCCCC. The molecule has 0 aromatic heterocycles. The standard InChI is InChI=1S/C67H133N2O7P/c1-7-10-13-16-19-22-25-27-29-30-31-32-33-34-35-36-37-38-40-41-44-47-50-53-56-59-66(70)68-64(63-75-77(72,73)74-62-61-69(4,5)6)65(58-55-52-49-46-43-24-21-18-15-12-9-3)76-67(71)60-57-54-51-48-45-42-39-28-26-23-20-17-14-11-8-2/h55,58,64-65H,7-54,56-57,59-63H2,1-6H3,(H-,68,70,72,73)/b58-55-. The fraction of sp³-hybridized carbons (Fsp3) is 0.940. The molecule has 0 aromatic rings. The van der Waals surface area contributed by atoms with Crippen LogP contribution in [-0.4, -0.2) is 69.4 Å². The van der Waals surface area contributed by atoms with Crippen molar-refractivity contribution in [2.75, 3.05) is 40.9 Å². The van der Waals surface area contributed by atoms with E-state index in [-0.39, 0.29) is 31.5 Å². The van der Waals surface area contributed by atoms with E-state index in [0.717, 1.165) is 57.8 Å². The van der Waals surface area contributed by atoms with Gasteiger partial charge in [0, 0.05) is 12.8 Å². The number of carbonyl (C=O) groups excluding carboxylic acids is 2. The van der Waals surface area contributed by atoms with Gasteiger partial charge in [-0.3, -0.25) is 14.2 Å². The van der Waals surface area contributed by atoms with Crippen molar-refractivity contribution in [2.24, 2.45) is 0 Å². The van der Waals surface area contributed by atoms with Crippen molar-refractivity contribution in [3.8, 4) is 0 Å². The number of unbranched alkanes of at least 4 members (excludes halogenated alkanes) is 47. The number of hydrogen-bond donors (Lipinski definition) is 1. The number of allylic oxidation sites excluding steroid dienone is 1. The molecule has 0 aliphatic carbocycles. The Hall–Kier alpha value is -1.25. The molecule has 0 radical (unpaired) electrons. The summed E-state index contributed by atoms with van der Waals surface area (Å²) in [5.41, 5.74) is 0. The Morgan fingerprint density at radius 3 is 1.06 bits per heavy atom. The minimum atomic E-state index is -4.69. The summed E-state index contributed by atoms with van der Waals surface area (Å²) in [7, 11) is 1.21. The molecule has 0 aliphatic heterocycles. The molecule has 1 amide bonds. The minimum Gasteiger partial charge on any atom is -0.756 e. The number of nitrogens with zero attached hydrogens (tertiary/aromatic N) is 1. The van der Waals surface area contributed by atoms with Crippen LogP contribution in [0.2, 0.25) is 0 Å². The molecule has 0 spiro atoms. The summed E-state index contributed by atoms with van der Waals surface area (Å²) in [6.07, 6.45) is 67.7. The van der Waals surface area contributed by atoms with Crippen LogP contribution >= 0.6 is 7.82 Å². The highest BCUT2D eigenvalue weighted by Crippen LogP contribution is 2.38. The van der Waals surface area contributed by atoms with Gasteiger partial charge in [0.1, 0.15) is 19.3 Å². The van der Waals surface area contributed by atoms with E-state index in [1.165, 1.54) is 263 Å². The number of esters is 1. The average molecular weight is 1110 g/mol. The maximum Gasteiger partial charge on any atom is 0.306 e. The molecule has 77 heavy (non-hydrogen) atoms. The van der Waals surface area contributed by atoms with Gasteiger partial charge in [0.25, 0.3) is 7.82 Å². The summed E-state index contributed by atoms with van der Waals surface area (Å²) in [5, 5.41) is 3.04. The maximum absolute atomic E-state index is 13.6. The van der Waals surface area contributed by atoms with Gasteiger partial charge in [0.05, 0.1) is 33.8 Å². The zero-order valence-electron chi connectivity index (χ0n) is 52.5. The third-order valence-electron chi connectivity index (χ3n) is 15.7. The Labute approximate surface area is 480 Å². The van der Waals surface area contributed by atoms with E-state index in [0.29, 0.717) is 17.4 Å². The average Bonchev–Trinajstić information content (AvgIpc) is 3.39. The van der Waals surface area contributed by atoms with Crippen LogP contribution in [0.1, 0.15) is 355 Å². The van der Waals surface area contributed by atoms with Crippen LogP contribution in [0.4, 0.5) is 0 Å². The number of carbonyl (C=O) groups is 2. The van der Waals surface area contributed by atoms with Crippen LogP contribution < -0.4 is 10.2 Å². The number of nitrogens with one attached hydrogen (secondary N) is 1. The van der Waals surface area contributed by atoms with Gasteiger partial charge in [-0.25, -0.2) is 0 Å². The van der Waals surface area contributed by atoms with Gasteiger partial charge in [-0.05, 0) is 31.8 Å². The van der Waals surface area contributed by atoms with Crippen molar-refractivity contribution in [1.29, 1.82) is 0 Å². The molecule has 9 nitrogen and oxygen atoms in total. The largest absolute Gasteiger partial charge is 0.756 e. The van der Waals surface area contributed by atoms with E-state index in [9.17, 15) is 19.0 Å². The van der Waals surface area contributed by atoms with Crippen LogP contribution in [0.5, 0.6) is 0 Å². The molecule has 1 N–H and O–H groups in total. The number of hydrogen-bond acceptors (Lipinski definition) is 7. The number of rotatable bonds is 63. The quantitative estimate of drug-likeness (QED) is 0.0212. The number of phosphoric acid groups is 1. The normalized spacial score (nSPS) is 13.6. The molecule has 3 atom stereocenters. The third-order valence-corrected chi connectivity index (χ3v) is 16.7. The summed E-state index contributed by atoms with van der Waals surface area (Å²) in [5.74, 6) is -0.517. The van der Waals surface area contributed by atoms with Gasteiger partial charge >= 0.3 is 5.97 Å². The predicted molar refractivity (Wildman–Crippen MR) is 330 cm³/mol. The van der Waals surface area contributed by atoms with Crippen LogP contribution in [0.3, 0.4) is 0 Å². The highest BCUT2D eigenvalue weighted by Gasteiger charge is 2.27. The molecule has 458 valence electrons. The van der Waals surface area contributed by atoms with Gasteiger partial charge in [-0.1, -0.05) is 322 Å². The Morgan fingerprint density at radius 2 is 0.740 bits per heavy atom. The Morgan fingerprint density at radius 1 is 0.442 bits per heavy atom. The van der Waals surface area contributed by atoms with Crippen molar-refractivity contribution in [3.63, 3.8) is 0 Å². The first-order valence-corrected chi connectivity index (χ1v) is 35.5. The van der Waals surface area contributed by atoms with Gasteiger partial charge in [-0.2, -0.15) is 0 Å². The number of likely N-dealkylation sites (N-methyl/N-ethyl adjacent to an activating group) is 1. The minimum absolute atomic E-state index is 0.0167. The first-order chi connectivity index (χ1) is 37.4. The van der Waals surface area contributed by atoms with Crippen molar-refractivity contribution in [3.05, 3.63) is 12.2 Å². The van der Waals surface area contributed by atoms with E-state index in [4.69, 9.17) is 13.8 Å². The highest BCUT2D eigenvalue weighted by atomic mass is 31.2. The van der Waals surface area contributed by atoms with Crippen LogP contribution in [-0.2, 0) is 27.9 Å². The lowest BCUT2D eigenvalue weighted by Gasteiger charge is -2.30. The number of ether oxygens (including phenoxy) is 1. The first kappa shape index (κ1) is 75.8. The van der Waals surface area contributed by atoms with E-state index in [1.807, 2.05) is 33.3 Å². The summed E-state index contributed by atoms with van der Waals surface area (Å²) in [6.45, 7) is 6.90. The fourth-order valence-electron chi connectivity index (χ4n) is 10.5. The lowest BCUT2D eigenvalue weighted by atomic mass is 10.0. The smallest absolute Gasteiger partial charge is 0.306 e. The summed E-state index contributed by atoms with van der Waals surface area (Å²) < 4.78 is 30.4. The molecule has 3 unspecified atom stereocenters. The number of quaternary nitrogens is 1. The monoisotopic (exact) mass is 1110 g/mol. The van der Waals surface area contributed by atoms with E-state index in [2.05, 4.69) is 26.1 Å². The summed E-state index contributed by atoms with van der Waals surface area (Å²) in [4.78, 5) is 40.0. The maximum atomic E-state index is 13.6. The molecule has 0 rings (SSSR count). The highest BCUT2D eigenvalue weighted by molar-refractivity contribution is 7.45. The lowest BCUT2D eigenvalue weighted by molar-refractivity contribution is -0.870. The molecule has 0 heterocycles. The second kappa shape index (κ2) is 58.0. The Bertz CT molecular complexity index is 1320. The molecule has 10 heteroatoms. The molecule has 0 aliphatic rings. The summed E-state index contributed by atoms with van der Waals surface area (Å²) in [6, 6.07) is -0.879. The lowest BCUT2D eigenvalue weighted by Crippen LogP contribution is -2.47. The molecule has 0 fully saturated rings. The van der Waals surface area contributed by atoms with Crippen molar-refractivity contribution in [2.45, 2.75) is 367 Å². The number of phosphoric ester groups is 1. The fourth-order valence-corrected chi connectivity index (χ4v) is 11.2. The van der Waals surface area contributed by atoms with Gasteiger partial charge in [-0.15, -0.1) is 0 Å². The van der Waals surface area contributed by atoms with Crippen LogP contribution in [0.15, 0.2) is 12.2 Å². The molecule has 0 saturated carbocycles. The van der Waals surface area contributed by atoms with Crippen molar-refractivity contribution >= 4 is 19.7 Å². The van der Waals surface area contributed by atoms with Crippen molar-refractivity contribution in [1.82, 2.24) is 5.32 Å². The molecular formula is C67H133N2O7P. The molecular weight excluding hydrogens is 976 g/mol. The van der Waals surface area contributed by atoms with Crippen molar-refractivity contribution < 1.29 is 37.3 Å². The Balaban J connectivity index is 4.97. The van der Waals surface area contributed by atoms with Gasteiger partial charge in [0.2, 0.25) is 5.91 Å². The van der Waals surface area contributed by atoms with Gasteiger partial charge in [0.15, 0.2) is 0 Å². The first-order valence-electron chi connectivity index (χ1n) is 34.0.